The lowest BCUT2D eigenvalue weighted by molar-refractivity contribution is -0.126. The molecule has 1 N–H and O–H groups in total. The van der Waals surface area contributed by atoms with Crippen molar-refractivity contribution < 1.29 is 14.7 Å². The minimum Gasteiger partial charge on any atom is -0.478 e. The number of benzene rings is 2. The van der Waals surface area contributed by atoms with Crippen molar-refractivity contribution in [3.05, 3.63) is 71.3 Å². The van der Waals surface area contributed by atoms with Crippen molar-refractivity contribution in [1.29, 1.82) is 0 Å². The van der Waals surface area contributed by atoms with Crippen molar-refractivity contribution in [2.75, 3.05) is 31.1 Å². The lowest BCUT2D eigenvalue weighted by atomic mass is 10.1. The third-order valence-corrected chi connectivity index (χ3v) is 4.69. The quantitative estimate of drug-likeness (QED) is 0.861. The van der Waals surface area contributed by atoms with Crippen LogP contribution < -0.4 is 4.90 Å². The van der Waals surface area contributed by atoms with Gasteiger partial charge in [-0.25, -0.2) is 4.79 Å². The topological polar surface area (TPSA) is 60.9 Å². The predicted octanol–water partition coefficient (Wildman–Crippen LogP) is 3.06. The van der Waals surface area contributed by atoms with E-state index in [4.69, 9.17) is 0 Å². The van der Waals surface area contributed by atoms with Gasteiger partial charge in [-0.1, -0.05) is 36.4 Å². The molecule has 0 atom stereocenters. The highest BCUT2D eigenvalue weighted by Crippen LogP contribution is 2.24. The summed E-state index contributed by atoms with van der Waals surface area (Å²) in [6.07, 6.45) is 3.44. The number of piperazine rings is 1. The SMILES string of the molecule is Cc1c(C(=O)O)cccc1N1CCN(C(=O)C=Cc2ccccc2)CC1. The van der Waals surface area contributed by atoms with Gasteiger partial charge in [0.25, 0.3) is 0 Å². The molecule has 1 fully saturated rings. The molecule has 0 radical (unpaired) electrons. The fraction of sp³-hybridized carbons (Fsp3) is 0.238. The molecule has 1 aliphatic rings. The van der Waals surface area contributed by atoms with E-state index in [1.807, 2.05) is 54.3 Å². The highest BCUT2D eigenvalue weighted by Gasteiger charge is 2.22. The fourth-order valence-electron chi connectivity index (χ4n) is 3.20. The number of carbonyl (C=O) groups is 2. The maximum atomic E-state index is 12.4. The molecule has 5 heteroatoms. The van der Waals surface area contributed by atoms with Crippen LogP contribution in [-0.4, -0.2) is 48.1 Å². The summed E-state index contributed by atoms with van der Waals surface area (Å²) in [5, 5.41) is 9.28. The van der Waals surface area contributed by atoms with E-state index in [0.29, 0.717) is 31.7 Å². The molecule has 1 heterocycles. The Morgan fingerprint density at radius 1 is 0.962 bits per heavy atom. The number of nitrogens with zero attached hydrogens (tertiary/aromatic N) is 2. The average molecular weight is 350 g/mol. The highest BCUT2D eigenvalue weighted by atomic mass is 16.4. The molecule has 0 unspecified atom stereocenters. The molecule has 5 nitrogen and oxygen atoms in total. The summed E-state index contributed by atoms with van der Waals surface area (Å²) < 4.78 is 0. The number of hydrogen-bond donors (Lipinski definition) is 1. The molecule has 0 saturated carbocycles. The zero-order valence-electron chi connectivity index (χ0n) is 14.8. The Morgan fingerprint density at radius 2 is 1.65 bits per heavy atom. The van der Waals surface area contributed by atoms with Gasteiger partial charge in [-0.2, -0.15) is 0 Å². The number of carboxylic acids is 1. The van der Waals surface area contributed by atoms with Crippen molar-refractivity contribution >= 4 is 23.6 Å². The number of hydrogen-bond acceptors (Lipinski definition) is 3. The van der Waals surface area contributed by atoms with Crippen LogP contribution in [0.2, 0.25) is 0 Å². The van der Waals surface area contributed by atoms with E-state index >= 15 is 0 Å². The molecule has 3 rings (SSSR count). The first-order valence-corrected chi connectivity index (χ1v) is 8.66. The van der Waals surface area contributed by atoms with E-state index in [9.17, 15) is 14.7 Å². The molecule has 0 aromatic heterocycles. The minimum absolute atomic E-state index is 0.00418. The van der Waals surface area contributed by atoms with Crippen LogP contribution in [0.4, 0.5) is 5.69 Å². The molecular formula is C21H22N2O3. The molecule has 1 aliphatic heterocycles. The molecule has 1 saturated heterocycles. The van der Waals surface area contributed by atoms with Gasteiger partial charge in [0, 0.05) is 37.9 Å². The van der Waals surface area contributed by atoms with E-state index < -0.39 is 5.97 Å². The number of rotatable bonds is 4. The summed E-state index contributed by atoms with van der Waals surface area (Å²) in [5.41, 5.74) is 3.02. The van der Waals surface area contributed by atoms with E-state index in [-0.39, 0.29) is 5.91 Å². The molecule has 2 aromatic carbocycles. The first-order chi connectivity index (χ1) is 12.6. The molecule has 26 heavy (non-hydrogen) atoms. The maximum Gasteiger partial charge on any atom is 0.336 e. The van der Waals surface area contributed by atoms with E-state index in [0.717, 1.165) is 16.8 Å². The predicted molar refractivity (Wildman–Crippen MR) is 102 cm³/mol. The second-order valence-corrected chi connectivity index (χ2v) is 6.31. The number of aromatic carboxylic acids is 1. The van der Waals surface area contributed by atoms with Gasteiger partial charge in [0.05, 0.1) is 5.56 Å². The van der Waals surface area contributed by atoms with Crippen molar-refractivity contribution in [3.63, 3.8) is 0 Å². The van der Waals surface area contributed by atoms with Gasteiger partial charge < -0.3 is 14.9 Å². The summed E-state index contributed by atoms with van der Waals surface area (Å²) >= 11 is 0. The standard InChI is InChI=1S/C21H22N2O3/c1-16-18(21(25)26)8-5-9-19(16)22-12-14-23(15-13-22)20(24)11-10-17-6-3-2-4-7-17/h2-11H,12-15H2,1H3,(H,25,26). The first kappa shape index (κ1) is 17.7. The Balaban J connectivity index is 1.63. The Hall–Kier alpha value is -3.08. The van der Waals surface area contributed by atoms with Crippen LogP contribution in [0, 0.1) is 6.92 Å². The van der Waals surface area contributed by atoms with Crippen molar-refractivity contribution in [2.24, 2.45) is 0 Å². The second-order valence-electron chi connectivity index (χ2n) is 6.31. The minimum atomic E-state index is -0.913. The van der Waals surface area contributed by atoms with E-state index in [2.05, 4.69) is 4.90 Å². The van der Waals surface area contributed by atoms with Crippen LogP contribution in [0.5, 0.6) is 0 Å². The zero-order chi connectivity index (χ0) is 18.5. The van der Waals surface area contributed by atoms with Gasteiger partial charge in [0.1, 0.15) is 0 Å². The molecular weight excluding hydrogens is 328 g/mol. The zero-order valence-corrected chi connectivity index (χ0v) is 14.8. The first-order valence-electron chi connectivity index (χ1n) is 8.66. The molecule has 2 aromatic rings. The lowest BCUT2D eigenvalue weighted by Gasteiger charge is -2.36. The molecule has 0 aliphatic carbocycles. The van der Waals surface area contributed by atoms with Crippen molar-refractivity contribution in [1.82, 2.24) is 4.90 Å². The van der Waals surface area contributed by atoms with Gasteiger partial charge in [-0.05, 0) is 36.3 Å². The normalized spacial score (nSPS) is 14.7. The van der Waals surface area contributed by atoms with Crippen LogP contribution >= 0.6 is 0 Å². The van der Waals surface area contributed by atoms with Gasteiger partial charge >= 0.3 is 5.97 Å². The van der Waals surface area contributed by atoms with Crippen LogP contribution in [0.15, 0.2) is 54.6 Å². The molecule has 1 amide bonds. The van der Waals surface area contributed by atoms with E-state index in [1.54, 1.807) is 18.2 Å². The Morgan fingerprint density at radius 3 is 2.31 bits per heavy atom. The van der Waals surface area contributed by atoms with Crippen LogP contribution in [0.1, 0.15) is 21.5 Å². The van der Waals surface area contributed by atoms with Gasteiger partial charge in [0.2, 0.25) is 5.91 Å². The molecule has 134 valence electrons. The smallest absolute Gasteiger partial charge is 0.336 e. The Labute approximate surface area is 153 Å². The van der Waals surface area contributed by atoms with Crippen molar-refractivity contribution in [2.45, 2.75) is 6.92 Å². The summed E-state index contributed by atoms with van der Waals surface area (Å²) in [6, 6.07) is 15.1. The van der Waals surface area contributed by atoms with Gasteiger partial charge in [0.15, 0.2) is 0 Å². The van der Waals surface area contributed by atoms with Gasteiger partial charge in [-0.3, -0.25) is 4.79 Å². The Bertz CT molecular complexity index is 822. The van der Waals surface area contributed by atoms with Crippen LogP contribution in [-0.2, 0) is 4.79 Å². The van der Waals surface area contributed by atoms with Crippen LogP contribution in [0.25, 0.3) is 6.08 Å². The molecule has 0 spiro atoms. The summed E-state index contributed by atoms with van der Waals surface area (Å²) in [5.74, 6) is -0.909. The lowest BCUT2D eigenvalue weighted by Crippen LogP contribution is -2.48. The Kier molecular flexibility index (Phi) is 5.37. The largest absolute Gasteiger partial charge is 0.478 e. The summed E-state index contributed by atoms with van der Waals surface area (Å²) in [4.78, 5) is 27.6. The summed E-state index contributed by atoms with van der Waals surface area (Å²) in [7, 11) is 0. The number of anilines is 1. The van der Waals surface area contributed by atoms with Gasteiger partial charge in [-0.15, -0.1) is 0 Å². The average Bonchev–Trinajstić information content (AvgIpc) is 2.67. The summed E-state index contributed by atoms with van der Waals surface area (Å²) in [6.45, 7) is 4.45. The molecule has 0 bridgehead atoms. The monoisotopic (exact) mass is 350 g/mol. The second kappa shape index (κ2) is 7.87. The third kappa shape index (κ3) is 3.94. The fourth-order valence-corrected chi connectivity index (χ4v) is 3.20. The number of amides is 1. The van der Waals surface area contributed by atoms with E-state index in [1.165, 1.54) is 0 Å². The van der Waals surface area contributed by atoms with Crippen molar-refractivity contribution in [3.8, 4) is 0 Å². The highest BCUT2D eigenvalue weighted by molar-refractivity contribution is 5.92. The third-order valence-electron chi connectivity index (χ3n) is 4.69. The number of carbonyl (C=O) groups excluding carboxylic acids is 1. The maximum absolute atomic E-state index is 12.4. The van der Waals surface area contributed by atoms with Crippen LogP contribution in [0.3, 0.4) is 0 Å². The number of carboxylic acid groups (broad SMARTS) is 1.